The molecular formula is C14H8BrFO2S. The van der Waals surface area contributed by atoms with Crippen molar-refractivity contribution in [1.29, 1.82) is 0 Å². The van der Waals surface area contributed by atoms with Gasteiger partial charge in [-0.05, 0) is 45.8 Å². The number of thiophene rings is 1. The summed E-state index contributed by atoms with van der Waals surface area (Å²) in [5, 5.41) is 0. The maximum atomic E-state index is 13.0. The number of carbonyl (C=O) groups excluding carboxylic acids is 1. The van der Waals surface area contributed by atoms with Crippen LogP contribution in [0.4, 0.5) is 4.39 Å². The SMILES string of the molecule is O=C1OCC(c2ccc(Br)s2)=C1c1ccc(F)cc1. The molecule has 1 aliphatic heterocycles. The largest absolute Gasteiger partial charge is 0.457 e. The first-order valence-electron chi connectivity index (χ1n) is 5.57. The summed E-state index contributed by atoms with van der Waals surface area (Å²) >= 11 is 4.94. The Hall–Kier alpha value is -1.46. The predicted octanol–water partition coefficient (Wildman–Crippen LogP) is 4.12. The highest BCUT2D eigenvalue weighted by molar-refractivity contribution is 9.11. The average Bonchev–Trinajstić information content (AvgIpc) is 2.97. The lowest BCUT2D eigenvalue weighted by Crippen LogP contribution is -1.98. The molecule has 19 heavy (non-hydrogen) atoms. The minimum Gasteiger partial charge on any atom is -0.457 e. The Morgan fingerprint density at radius 2 is 1.89 bits per heavy atom. The van der Waals surface area contributed by atoms with Crippen LogP contribution in [-0.2, 0) is 9.53 Å². The number of hydrogen-bond donors (Lipinski definition) is 0. The number of esters is 1. The van der Waals surface area contributed by atoms with Gasteiger partial charge in [0.25, 0.3) is 0 Å². The van der Waals surface area contributed by atoms with E-state index in [2.05, 4.69) is 15.9 Å². The molecule has 5 heteroatoms. The second-order valence-electron chi connectivity index (χ2n) is 4.04. The molecule has 2 aromatic rings. The van der Waals surface area contributed by atoms with E-state index >= 15 is 0 Å². The first-order valence-corrected chi connectivity index (χ1v) is 7.18. The van der Waals surface area contributed by atoms with Gasteiger partial charge in [-0.1, -0.05) is 12.1 Å². The van der Waals surface area contributed by atoms with Crippen molar-refractivity contribution in [2.24, 2.45) is 0 Å². The van der Waals surface area contributed by atoms with Crippen LogP contribution >= 0.6 is 27.3 Å². The van der Waals surface area contributed by atoms with Gasteiger partial charge in [-0.25, -0.2) is 9.18 Å². The Bertz CT molecular complexity index is 673. The highest BCUT2D eigenvalue weighted by atomic mass is 79.9. The zero-order valence-corrected chi connectivity index (χ0v) is 12.1. The fraction of sp³-hybridized carbons (Fsp3) is 0.0714. The zero-order chi connectivity index (χ0) is 13.4. The van der Waals surface area contributed by atoms with Crippen molar-refractivity contribution in [3.8, 4) is 0 Å². The third-order valence-corrected chi connectivity index (χ3v) is 4.54. The molecule has 1 aromatic carbocycles. The highest BCUT2D eigenvalue weighted by Crippen LogP contribution is 2.37. The van der Waals surface area contributed by atoms with Crippen LogP contribution < -0.4 is 0 Å². The number of carbonyl (C=O) groups is 1. The third kappa shape index (κ3) is 2.35. The zero-order valence-electron chi connectivity index (χ0n) is 9.65. The van der Waals surface area contributed by atoms with E-state index in [0.717, 1.165) is 14.2 Å². The summed E-state index contributed by atoms with van der Waals surface area (Å²) in [4.78, 5) is 12.9. The Morgan fingerprint density at radius 3 is 2.53 bits per heavy atom. The Balaban J connectivity index is 2.13. The molecule has 0 unspecified atom stereocenters. The van der Waals surface area contributed by atoms with Crippen LogP contribution in [0.25, 0.3) is 11.1 Å². The Labute approximate surface area is 121 Å². The van der Waals surface area contributed by atoms with Crippen LogP contribution in [0.15, 0.2) is 40.2 Å². The van der Waals surface area contributed by atoms with Gasteiger partial charge in [0.2, 0.25) is 0 Å². The molecule has 0 N–H and O–H groups in total. The first-order chi connectivity index (χ1) is 9.15. The molecule has 0 fully saturated rings. The molecule has 3 rings (SSSR count). The maximum Gasteiger partial charge on any atom is 0.339 e. The summed E-state index contributed by atoms with van der Waals surface area (Å²) in [5.41, 5.74) is 2.06. The summed E-state index contributed by atoms with van der Waals surface area (Å²) in [6.45, 7) is 0.262. The Kier molecular flexibility index (Phi) is 3.24. The predicted molar refractivity (Wildman–Crippen MR) is 76.2 cm³/mol. The molecular weight excluding hydrogens is 331 g/mol. The van der Waals surface area contributed by atoms with E-state index in [1.165, 1.54) is 12.1 Å². The summed E-state index contributed by atoms with van der Waals surface area (Å²) in [7, 11) is 0. The summed E-state index contributed by atoms with van der Waals surface area (Å²) in [5.74, 6) is -0.678. The summed E-state index contributed by atoms with van der Waals surface area (Å²) < 4.78 is 19.1. The molecule has 2 heterocycles. The quantitative estimate of drug-likeness (QED) is 0.770. The summed E-state index contributed by atoms with van der Waals surface area (Å²) in [6.07, 6.45) is 0. The molecule has 1 aliphatic rings. The van der Waals surface area contributed by atoms with Crippen molar-refractivity contribution in [3.05, 3.63) is 56.4 Å². The van der Waals surface area contributed by atoms with E-state index in [9.17, 15) is 9.18 Å². The van der Waals surface area contributed by atoms with Gasteiger partial charge < -0.3 is 4.74 Å². The van der Waals surface area contributed by atoms with Crippen LogP contribution in [0.5, 0.6) is 0 Å². The molecule has 0 radical (unpaired) electrons. The maximum absolute atomic E-state index is 13.0. The monoisotopic (exact) mass is 338 g/mol. The molecule has 1 aromatic heterocycles. The van der Waals surface area contributed by atoms with Crippen molar-refractivity contribution in [2.75, 3.05) is 6.61 Å². The summed E-state index contributed by atoms with van der Waals surface area (Å²) in [6, 6.07) is 9.75. The second kappa shape index (κ2) is 4.90. The van der Waals surface area contributed by atoms with Crippen molar-refractivity contribution in [3.63, 3.8) is 0 Å². The molecule has 0 bridgehead atoms. The van der Waals surface area contributed by atoms with E-state index in [1.54, 1.807) is 23.5 Å². The van der Waals surface area contributed by atoms with Crippen molar-refractivity contribution in [2.45, 2.75) is 0 Å². The molecule has 0 saturated heterocycles. The fourth-order valence-corrected chi connectivity index (χ4v) is 3.41. The fourth-order valence-electron chi connectivity index (χ4n) is 1.98. The smallest absolute Gasteiger partial charge is 0.339 e. The van der Waals surface area contributed by atoms with Gasteiger partial charge in [0, 0.05) is 10.5 Å². The molecule has 0 atom stereocenters. The van der Waals surface area contributed by atoms with Crippen LogP contribution in [0.1, 0.15) is 10.4 Å². The first kappa shape index (κ1) is 12.6. The van der Waals surface area contributed by atoms with Gasteiger partial charge in [0.05, 0.1) is 9.36 Å². The number of rotatable bonds is 2. The van der Waals surface area contributed by atoms with E-state index in [0.29, 0.717) is 11.1 Å². The lowest BCUT2D eigenvalue weighted by molar-refractivity contribution is -0.133. The number of benzene rings is 1. The third-order valence-electron chi connectivity index (χ3n) is 2.86. The second-order valence-corrected chi connectivity index (χ2v) is 6.50. The molecule has 96 valence electrons. The van der Waals surface area contributed by atoms with Crippen molar-refractivity contribution >= 4 is 44.4 Å². The van der Waals surface area contributed by atoms with E-state index in [-0.39, 0.29) is 18.4 Å². The van der Waals surface area contributed by atoms with Crippen LogP contribution in [0.2, 0.25) is 0 Å². The van der Waals surface area contributed by atoms with Crippen LogP contribution in [0, 0.1) is 5.82 Å². The lowest BCUT2D eigenvalue weighted by atomic mass is 10.0. The van der Waals surface area contributed by atoms with Crippen LogP contribution in [-0.4, -0.2) is 12.6 Å². The number of hydrogen-bond acceptors (Lipinski definition) is 3. The van der Waals surface area contributed by atoms with Gasteiger partial charge in [-0.2, -0.15) is 0 Å². The topological polar surface area (TPSA) is 26.3 Å². The number of halogens is 2. The van der Waals surface area contributed by atoms with Crippen molar-refractivity contribution in [1.82, 2.24) is 0 Å². The van der Waals surface area contributed by atoms with E-state index in [1.807, 2.05) is 12.1 Å². The van der Waals surface area contributed by atoms with Gasteiger partial charge in [-0.3, -0.25) is 0 Å². The van der Waals surface area contributed by atoms with E-state index in [4.69, 9.17) is 4.74 Å². The minimum absolute atomic E-state index is 0.262. The highest BCUT2D eigenvalue weighted by Gasteiger charge is 2.27. The molecule has 0 aliphatic carbocycles. The molecule has 0 spiro atoms. The standard InChI is InChI=1S/C14H8BrFO2S/c15-12-6-5-11(19-12)10-7-18-14(17)13(10)8-1-3-9(16)4-2-8/h1-6H,7H2. The molecule has 0 saturated carbocycles. The van der Waals surface area contributed by atoms with E-state index < -0.39 is 0 Å². The Morgan fingerprint density at radius 1 is 1.16 bits per heavy atom. The normalized spacial score (nSPS) is 14.9. The molecule has 0 amide bonds. The van der Waals surface area contributed by atoms with Gasteiger partial charge in [-0.15, -0.1) is 11.3 Å². The number of ether oxygens (including phenoxy) is 1. The van der Waals surface area contributed by atoms with Crippen LogP contribution in [0.3, 0.4) is 0 Å². The van der Waals surface area contributed by atoms with Gasteiger partial charge in [0.15, 0.2) is 0 Å². The average molecular weight is 339 g/mol. The van der Waals surface area contributed by atoms with Gasteiger partial charge in [0.1, 0.15) is 12.4 Å². The van der Waals surface area contributed by atoms with Gasteiger partial charge >= 0.3 is 5.97 Å². The number of cyclic esters (lactones) is 1. The molecule has 2 nitrogen and oxygen atoms in total. The minimum atomic E-state index is -0.355. The van der Waals surface area contributed by atoms with Crippen molar-refractivity contribution < 1.29 is 13.9 Å². The lowest BCUT2D eigenvalue weighted by Gasteiger charge is -2.02.